The van der Waals surface area contributed by atoms with Gasteiger partial charge in [0.1, 0.15) is 5.75 Å². The van der Waals surface area contributed by atoms with Crippen LogP contribution in [-0.4, -0.2) is 12.5 Å². The maximum absolute atomic E-state index is 12.3. The molecule has 0 saturated carbocycles. The Bertz CT molecular complexity index is 1190. The molecule has 0 radical (unpaired) electrons. The first-order valence-corrected chi connectivity index (χ1v) is 10.4. The number of nitrogens with one attached hydrogen (secondary N) is 1. The monoisotopic (exact) mass is 490 g/mol. The second-order valence-electron chi connectivity index (χ2n) is 6.32. The third kappa shape index (κ3) is 6.40. The van der Waals surface area contributed by atoms with E-state index in [0.29, 0.717) is 48.2 Å². The first kappa shape index (κ1) is 23.0. The highest BCUT2D eigenvalue weighted by atomic mass is 35.5. The summed E-state index contributed by atoms with van der Waals surface area (Å²) in [5.74, 6) is 0.0110. The Morgan fingerprint density at radius 3 is 2.32 bits per heavy atom. The molecule has 4 nitrogen and oxygen atoms in total. The molecule has 0 aliphatic rings. The summed E-state index contributed by atoms with van der Waals surface area (Å²) in [4.78, 5) is 12.3. The number of allylic oxidation sites excluding steroid dienone is 1. The highest BCUT2D eigenvalue weighted by Crippen LogP contribution is 2.29. The first-order valence-electron chi connectivity index (χ1n) is 8.90. The molecule has 0 atom stereocenters. The van der Waals surface area contributed by atoms with E-state index in [-0.39, 0.29) is 12.5 Å². The van der Waals surface area contributed by atoms with Gasteiger partial charge in [0.15, 0.2) is 6.61 Å². The number of nitriles is 1. The standard InChI is InChI=1S/C23H14Cl4N2O2/c24-17-3-1-14(2-4-17)16(12-28)9-15-10-18(25)5-8-22(15)31-13-23(30)29-19-6-7-20(26)21(27)11-19/h1-11H,13H2,(H,29,30). The van der Waals surface area contributed by atoms with E-state index < -0.39 is 0 Å². The van der Waals surface area contributed by atoms with Crippen molar-refractivity contribution in [3.8, 4) is 11.8 Å². The van der Waals surface area contributed by atoms with Gasteiger partial charge in [0.2, 0.25) is 0 Å². The molecule has 1 amide bonds. The average Bonchev–Trinajstić information content (AvgIpc) is 2.74. The lowest BCUT2D eigenvalue weighted by atomic mass is 10.0. The van der Waals surface area contributed by atoms with Crippen molar-refractivity contribution < 1.29 is 9.53 Å². The van der Waals surface area contributed by atoms with Crippen LogP contribution in [0.3, 0.4) is 0 Å². The van der Waals surface area contributed by atoms with Crippen molar-refractivity contribution in [2.45, 2.75) is 0 Å². The van der Waals surface area contributed by atoms with Crippen LogP contribution in [0, 0.1) is 11.3 Å². The number of anilines is 1. The van der Waals surface area contributed by atoms with Gasteiger partial charge in [-0.05, 0) is 60.2 Å². The number of halogens is 4. The number of hydrogen-bond donors (Lipinski definition) is 1. The van der Waals surface area contributed by atoms with E-state index in [2.05, 4.69) is 11.4 Å². The van der Waals surface area contributed by atoms with Gasteiger partial charge in [-0.3, -0.25) is 4.79 Å². The van der Waals surface area contributed by atoms with Gasteiger partial charge in [0, 0.05) is 21.3 Å². The summed E-state index contributed by atoms with van der Waals surface area (Å²) in [5.41, 5.74) is 2.13. The fourth-order valence-corrected chi connectivity index (χ4v) is 3.25. The van der Waals surface area contributed by atoms with E-state index in [1.807, 2.05) is 0 Å². The van der Waals surface area contributed by atoms with Gasteiger partial charge in [-0.1, -0.05) is 58.5 Å². The molecule has 3 aromatic carbocycles. The van der Waals surface area contributed by atoms with Crippen LogP contribution in [0.1, 0.15) is 11.1 Å². The molecule has 0 saturated heterocycles. The summed E-state index contributed by atoms with van der Waals surface area (Å²) in [6.45, 7) is -0.258. The Morgan fingerprint density at radius 2 is 1.65 bits per heavy atom. The lowest BCUT2D eigenvalue weighted by Crippen LogP contribution is -2.20. The number of benzene rings is 3. The first-order chi connectivity index (χ1) is 14.9. The highest BCUT2D eigenvalue weighted by molar-refractivity contribution is 6.42. The molecule has 1 N–H and O–H groups in total. The van der Waals surface area contributed by atoms with Gasteiger partial charge in [-0.25, -0.2) is 0 Å². The third-order valence-corrected chi connectivity index (χ3v) is 5.34. The molecule has 31 heavy (non-hydrogen) atoms. The molecule has 8 heteroatoms. The molecule has 0 bridgehead atoms. The predicted octanol–water partition coefficient (Wildman–Crippen LogP) is 7.38. The van der Waals surface area contributed by atoms with E-state index in [1.165, 1.54) is 0 Å². The average molecular weight is 492 g/mol. The molecule has 0 heterocycles. The molecule has 3 rings (SSSR count). The van der Waals surface area contributed by atoms with Crippen LogP contribution in [0.15, 0.2) is 60.7 Å². The van der Waals surface area contributed by atoms with Crippen LogP contribution in [-0.2, 0) is 4.79 Å². The molecule has 3 aromatic rings. The van der Waals surface area contributed by atoms with Gasteiger partial charge < -0.3 is 10.1 Å². The molecule has 0 aliphatic heterocycles. The highest BCUT2D eigenvalue weighted by Gasteiger charge is 2.10. The summed E-state index contributed by atoms with van der Waals surface area (Å²) < 4.78 is 5.68. The second-order valence-corrected chi connectivity index (χ2v) is 8.01. The number of carbonyl (C=O) groups excluding carboxylic acids is 1. The number of ether oxygens (including phenoxy) is 1. The molecule has 0 aliphatic carbocycles. The van der Waals surface area contributed by atoms with E-state index >= 15 is 0 Å². The molecule has 0 fully saturated rings. The largest absolute Gasteiger partial charge is 0.483 e. The number of amides is 1. The summed E-state index contributed by atoms with van der Waals surface area (Å²) in [7, 11) is 0. The Labute approximate surface area is 199 Å². The second kappa shape index (κ2) is 10.6. The molecule has 156 valence electrons. The maximum atomic E-state index is 12.3. The van der Waals surface area contributed by atoms with Crippen molar-refractivity contribution in [2.75, 3.05) is 11.9 Å². The Hall–Kier alpha value is -2.68. The minimum absolute atomic E-state index is 0.258. The lowest BCUT2D eigenvalue weighted by Gasteiger charge is -2.11. The maximum Gasteiger partial charge on any atom is 0.262 e. The van der Waals surface area contributed by atoms with Crippen LogP contribution in [0.2, 0.25) is 20.1 Å². The van der Waals surface area contributed by atoms with Crippen LogP contribution < -0.4 is 10.1 Å². The van der Waals surface area contributed by atoms with Crippen molar-refractivity contribution >= 4 is 69.6 Å². The lowest BCUT2D eigenvalue weighted by molar-refractivity contribution is -0.118. The topological polar surface area (TPSA) is 62.1 Å². The minimum Gasteiger partial charge on any atom is -0.483 e. The normalized spacial score (nSPS) is 11.0. The number of carbonyl (C=O) groups is 1. The van der Waals surface area contributed by atoms with Crippen molar-refractivity contribution in [2.24, 2.45) is 0 Å². The third-order valence-electron chi connectivity index (χ3n) is 4.11. The number of rotatable bonds is 6. The van der Waals surface area contributed by atoms with Gasteiger partial charge in [-0.15, -0.1) is 0 Å². The quantitative estimate of drug-likeness (QED) is 0.289. The molecule has 0 unspecified atom stereocenters. The van der Waals surface area contributed by atoms with Crippen LogP contribution in [0.25, 0.3) is 11.6 Å². The predicted molar refractivity (Wildman–Crippen MR) is 127 cm³/mol. The van der Waals surface area contributed by atoms with Gasteiger partial charge in [0.05, 0.1) is 21.7 Å². The van der Waals surface area contributed by atoms with E-state index in [1.54, 1.807) is 66.7 Å². The van der Waals surface area contributed by atoms with Crippen molar-refractivity contribution in [3.05, 3.63) is 91.9 Å². The number of hydrogen-bond acceptors (Lipinski definition) is 3. The fourth-order valence-electron chi connectivity index (χ4n) is 2.64. The minimum atomic E-state index is -0.388. The van der Waals surface area contributed by atoms with E-state index in [0.717, 1.165) is 0 Å². The van der Waals surface area contributed by atoms with Crippen molar-refractivity contribution in [3.63, 3.8) is 0 Å². The zero-order valence-corrected chi connectivity index (χ0v) is 18.9. The van der Waals surface area contributed by atoms with Crippen molar-refractivity contribution in [1.82, 2.24) is 0 Å². The molecular weight excluding hydrogens is 478 g/mol. The van der Waals surface area contributed by atoms with Crippen LogP contribution >= 0.6 is 46.4 Å². The van der Waals surface area contributed by atoms with Gasteiger partial charge in [-0.2, -0.15) is 5.26 Å². The molecule has 0 spiro atoms. The zero-order chi connectivity index (χ0) is 22.4. The van der Waals surface area contributed by atoms with Crippen LogP contribution in [0.4, 0.5) is 5.69 Å². The summed E-state index contributed by atoms with van der Waals surface area (Å²) >= 11 is 23.9. The molecular formula is C23H14Cl4N2O2. The van der Waals surface area contributed by atoms with E-state index in [4.69, 9.17) is 51.1 Å². The van der Waals surface area contributed by atoms with Gasteiger partial charge >= 0.3 is 0 Å². The number of nitrogens with zero attached hydrogens (tertiary/aromatic N) is 1. The molecule has 0 aromatic heterocycles. The summed E-state index contributed by atoms with van der Waals surface area (Å²) in [5, 5.41) is 14.0. The summed E-state index contributed by atoms with van der Waals surface area (Å²) in [6, 6.07) is 18.7. The Kier molecular flexibility index (Phi) is 7.84. The fraction of sp³-hybridized carbons (Fsp3) is 0.0435. The Morgan fingerprint density at radius 1 is 0.935 bits per heavy atom. The smallest absolute Gasteiger partial charge is 0.262 e. The zero-order valence-electron chi connectivity index (χ0n) is 15.8. The van der Waals surface area contributed by atoms with E-state index in [9.17, 15) is 10.1 Å². The van der Waals surface area contributed by atoms with Gasteiger partial charge in [0.25, 0.3) is 5.91 Å². The Balaban J connectivity index is 1.78. The summed E-state index contributed by atoms with van der Waals surface area (Å²) in [6.07, 6.45) is 1.64. The SMILES string of the molecule is N#CC(=Cc1cc(Cl)ccc1OCC(=O)Nc1ccc(Cl)c(Cl)c1)c1ccc(Cl)cc1. The van der Waals surface area contributed by atoms with Crippen LogP contribution in [0.5, 0.6) is 5.75 Å². The van der Waals surface area contributed by atoms with Crippen molar-refractivity contribution in [1.29, 1.82) is 5.26 Å².